The molecule has 0 heterocycles. The van der Waals surface area contributed by atoms with Crippen molar-refractivity contribution >= 4 is 0 Å². The first-order chi connectivity index (χ1) is 8.00. The van der Waals surface area contributed by atoms with Crippen LogP contribution in [0.2, 0.25) is 0 Å². The van der Waals surface area contributed by atoms with Crippen molar-refractivity contribution in [1.29, 1.82) is 0 Å². The Labute approximate surface area is 197 Å². The summed E-state index contributed by atoms with van der Waals surface area (Å²) in [6, 6.07) is 0. The maximum absolute atomic E-state index is 10.1. The molecule has 0 spiro atoms. The van der Waals surface area contributed by atoms with E-state index in [1.54, 1.807) is 83.1 Å². The largest absolute Gasteiger partial charge is 3.00 e. The van der Waals surface area contributed by atoms with Crippen LogP contribution in [0.1, 0.15) is 83.1 Å². The van der Waals surface area contributed by atoms with Gasteiger partial charge in [0.15, 0.2) is 0 Å². The zero-order valence-corrected chi connectivity index (χ0v) is 22.2. The number of hydrogen-bond acceptors (Lipinski definition) is 4. The minimum absolute atomic E-state index is 0. The van der Waals surface area contributed by atoms with E-state index in [9.17, 15) is 20.4 Å². The summed E-state index contributed by atoms with van der Waals surface area (Å²) in [5.74, 6) is 0. The summed E-state index contributed by atoms with van der Waals surface area (Å²) in [5, 5.41) is 40.4. The monoisotopic (exact) mass is 528 g/mol. The molecule has 136 valence electrons. The van der Waals surface area contributed by atoms with Crippen LogP contribution in [0.3, 0.4) is 0 Å². The third kappa shape index (κ3) is 2040. The van der Waals surface area contributed by atoms with Gasteiger partial charge in [0.05, 0.1) is 0 Å². The summed E-state index contributed by atoms with van der Waals surface area (Å²) >= 11 is 0. The second-order valence-corrected chi connectivity index (χ2v) is 8.45. The molecule has 0 fully saturated rings. The molecule has 0 rings (SSSR count). The summed E-state index contributed by atoms with van der Waals surface area (Å²) in [6.07, 6.45) is 0. The fourth-order valence-electron chi connectivity index (χ4n) is 0. The predicted molar refractivity (Wildman–Crippen MR) is 79.0 cm³/mol. The standard InChI is InChI=1S/4C4H9O.Au.K/c4*1-4(2,3)5;;/h4*1-3H3;;/q4*-1;+3;+1. The molecule has 6 heteroatoms. The van der Waals surface area contributed by atoms with E-state index in [-0.39, 0.29) is 73.8 Å². The minimum Gasteiger partial charge on any atom is -0.850 e. The Kier molecular flexibility index (Phi) is 29.8. The predicted octanol–water partition coefficient (Wildman–Crippen LogP) is -2.42. The van der Waals surface area contributed by atoms with E-state index in [4.69, 9.17) is 0 Å². The van der Waals surface area contributed by atoms with Gasteiger partial charge in [0.1, 0.15) is 0 Å². The minimum atomic E-state index is -0.750. The van der Waals surface area contributed by atoms with Gasteiger partial charge >= 0.3 is 73.8 Å². The molecule has 22 heavy (non-hydrogen) atoms. The first kappa shape index (κ1) is 39.3. The smallest absolute Gasteiger partial charge is 0.850 e. The average molecular weight is 529 g/mol. The van der Waals surface area contributed by atoms with Gasteiger partial charge in [-0.2, -0.15) is 0 Å². The van der Waals surface area contributed by atoms with E-state index in [0.29, 0.717) is 0 Å². The van der Waals surface area contributed by atoms with Crippen molar-refractivity contribution in [3.63, 3.8) is 0 Å². The van der Waals surface area contributed by atoms with E-state index < -0.39 is 22.4 Å². The van der Waals surface area contributed by atoms with Gasteiger partial charge in [0.2, 0.25) is 0 Å². The van der Waals surface area contributed by atoms with E-state index in [1.807, 2.05) is 0 Å². The van der Waals surface area contributed by atoms with Gasteiger partial charge in [-0.1, -0.05) is 83.1 Å². The third-order valence-electron chi connectivity index (χ3n) is 0. The number of rotatable bonds is 0. The van der Waals surface area contributed by atoms with E-state index in [0.717, 1.165) is 0 Å². The Hall–Kier alpha value is 2.22. The van der Waals surface area contributed by atoms with Gasteiger partial charge < -0.3 is 20.4 Å². The molecular formula is C16H36AuKO4. The van der Waals surface area contributed by atoms with Gasteiger partial charge in [-0.15, -0.1) is 22.4 Å². The van der Waals surface area contributed by atoms with Crippen molar-refractivity contribution in [2.45, 2.75) is 105 Å². The summed E-state index contributed by atoms with van der Waals surface area (Å²) in [7, 11) is 0. The van der Waals surface area contributed by atoms with E-state index in [1.165, 1.54) is 0 Å². The molecule has 0 aromatic heterocycles. The van der Waals surface area contributed by atoms with Gasteiger partial charge in [-0.25, -0.2) is 0 Å². The van der Waals surface area contributed by atoms with Crippen molar-refractivity contribution in [3.8, 4) is 0 Å². The first-order valence-corrected chi connectivity index (χ1v) is 6.82. The Balaban J connectivity index is -0.0000000376. The van der Waals surface area contributed by atoms with Crippen molar-refractivity contribution < 1.29 is 94.2 Å². The van der Waals surface area contributed by atoms with Crippen LogP contribution in [0.25, 0.3) is 0 Å². The summed E-state index contributed by atoms with van der Waals surface area (Å²) in [4.78, 5) is 0. The van der Waals surface area contributed by atoms with Gasteiger partial charge in [-0.05, 0) is 0 Å². The molecule has 0 aliphatic carbocycles. The summed E-state index contributed by atoms with van der Waals surface area (Å²) in [6.45, 7) is 19.6. The van der Waals surface area contributed by atoms with Crippen molar-refractivity contribution in [2.75, 3.05) is 0 Å². The molecule has 0 N–H and O–H groups in total. The maximum Gasteiger partial charge on any atom is 3.00 e. The average Bonchev–Trinajstić information content (AvgIpc) is 1.62. The van der Waals surface area contributed by atoms with Gasteiger partial charge in [0, 0.05) is 0 Å². The molecule has 0 saturated carbocycles. The molecule has 0 aliphatic rings. The molecule has 0 aromatic carbocycles. The summed E-state index contributed by atoms with van der Waals surface area (Å²) in [5.41, 5.74) is -3.00. The summed E-state index contributed by atoms with van der Waals surface area (Å²) < 4.78 is 0. The molecule has 0 saturated heterocycles. The van der Waals surface area contributed by atoms with Crippen LogP contribution >= 0.6 is 0 Å². The maximum atomic E-state index is 10.1. The molecule has 0 unspecified atom stereocenters. The van der Waals surface area contributed by atoms with E-state index in [2.05, 4.69) is 0 Å². The topological polar surface area (TPSA) is 92.2 Å². The zero-order chi connectivity index (χ0) is 18.0. The van der Waals surface area contributed by atoms with Crippen LogP contribution < -0.4 is 71.8 Å². The Bertz CT molecular complexity index is 136. The molecule has 0 aliphatic heterocycles. The molecule has 0 atom stereocenters. The SMILES string of the molecule is CC(C)(C)[O-].CC(C)(C)[O-].CC(C)(C)[O-].CC(C)(C)[O-].[Au+3].[K+]. The molecular weight excluding hydrogens is 492 g/mol. The second-order valence-electron chi connectivity index (χ2n) is 8.45. The Morgan fingerprint density at radius 2 is 0.364 bits per heavy atom. The molecule has 0 amide bonds. The van der Waals surface area contributed by atoms with Crippen LogP contribution in [0, 0.1) is 0 Å². The molecule has 0 aromatic rings. The Morgan fingerprint density at radius 1 is 0.364 bits per heavy atom. The van der Waals surface area contributed by atoms with Gasteiger partial charge in [-0.3, -0.25) is 0 Å². The zero-order valence-electron chi connectivity index (χ0n) is 16.9. The van der Waals surface area contributed by atoms with Crippen molar-refractivity contribution in [1.82, 2.24) is 0 Å². The third-order valence-corrected chi connectivity index (χ3v) is 0. The van der Waals surface area contributed by atoms with Crippen LogP contribution in [0.15, 0.2) is 0 Å². The van der Waals surface area contributed by atoms with Crippen LogP contribution in [-0.2, 0) is 22.4 Å². The van der Waals surface area contributed by atoms with Crippen molar-refractivity contribution in [3.05, 3.63) is 0 Å². The molecule has 0 radical (unpaired) electrons. The van der Waals surface area contributed by atoms with Crippen LogP contribution in [0.5, 0.6) is 0 Å². The van der Waals surface area contributed by atoms with Crippen LogP contribution in [-0.4, -0.2) is 22.4 Å². The fraction of sp³-hybridized carbons (Fsp3) is 1.00. The second kappa shape index (κ2) is 16.7. The first-order valence-electron chi connectivity index (χ1n) is 6.82. The quantitative estimate of drug-likeness (QED) is 0.328. The normalized spacial score (nSPS) is 10.9. The molecule has 0 bridgehead atoms. The van der Waals surface area contributed by atoms with E-state index >= 15 is 0 Å². The fourth-order valence-corrected chi connectivity index (χ4v) is 0. The van der Waals surface area contributed by atoms with Crippen molar-refractivity contribution in [2.24, 2.45) is 0 Å². The van der Waals surface area contributed by atoms with Gasteiger partial charge in [0.25, 0.3) is 0 Å². The van der Waals surface area contributed by atoms with Crippen LogP contribution in [0.4, 0.5) is 0 Å². The molecule has 4 nitrogen and oxygen atoms in total. The number of hydrogen-bond donors (Lipinski definition) is 0. The Morgan fingerprint density at radius 3 is 0.364 bits per heavy atom.